The van der Waals surface area contributed by atoms with E-state index in [4.69, 9.17) is 0 Å². The fourth-order valence-corrected chi connectivity index (χ4v) is 3.13. The highest BCUT2D eigenvalue weighted by Crippen LogP contribution is 2.14. The van der Waals surface area contributed by atoms with Crippen molar-refractivity contribution in [1.29, 1.82) is 0 Å². The fourth-order valence-electron chi connectivity index (χ4n) is 2.51. The van der Waals surface area contributed by atoms with E-state index in [9.17, 15) is 9.59 Å². The van der Waals surface area contributed by atoms with Crippen molar-refractivity contribution in [2.45, 2.75) is 32.2 Å². The van der Waals surface area contributed by atoms with Gasteiger partial charge in [-0.15, -0.1) is 0 Å². The van der Waals surface area contributed by atoms with Crippen molar-refractivity contribution in [1.82, 2.24) is 15.2 Å². The third-order valence-corrected chi connectivity index (χ3v) is 4.65. The number of hydrogen-bond donors (Lipinski definition) is 1. The SMILES string of the molecule is CCSCCC(=O)NC1CCN(C(=O)c2ccncc2)CC1. The molecule has 0 bridgehead atoms. The summed E-state index contributed by atoms with van der Waals surface area (Å²) in [4.78, 5) is 29.9. The van der Waals surface area contributed by atoms with Crippen LogP contribution in [0, 0.1) is 0 Å². The van der Waals surface area contributed by atoms with Gasteiger partial charge in [0.05, 0.1) is 0 Å². The number of pyridine rings is 1. The van der Waals surface area contributed by atoms with Gasteiger partial charge in [0.1, 0.15) is 0 Å². The molecular weight excluding hydrogens is 298 g/mol. The number of nitrogens with one attached hydrogen (secondary N) is 1. The largest absolute Gasteiger partial charge is 0.353 e. The summed E-state index contributed by atoms with van der Waals surface area (Å²) < 4.78 is 0. The lowest BCUT2D eigenvalue weighted by molar-refractivity contribution is -0.121. The van der Waals surface area contributed by atoms with Gasteiger partial charge >= 0.3 is 0 Å². The molecule has 1 N–H and O–H groups in total. The van der Waals surface area contributed by atoms with Crippen molar-refractivity contribution in [2.24, 2.45) is 0 Å². The first-order chi connectivity index (χ1) is 10.7. The van der Waals surface area contributed by atoms with Crippen LogP contribution >= 0.6 is 11.8 Å². The van der Waals surface area contributed by atoms with Crippen molar-refractivity contribution >= 4 is 23.6 Å². The molecule has 0 aromatic carbocycles. The van der Waals surface area contributed by atoms with E-state index in [1.807, 2.05) is 4.90 Å². The van der Waals surface area contributed by atoms with E-state index in [2.05, 4.69) is 17.2 Å². The van der Waals surface area contributed by atoms with Gasteiger partial charge in [0.2, 0.25) is 5.91 Å². The Morgan fingerprint density at radius 1 is 1.32 bits per heavy atom. The minimum Gasteiger partial charge on any atom is -0.353 e. The number of thioether (sulfide) groups is 1. The van der Waals surface area contributed by atoms with Gasteiger partial charge in [-0.2, -0.15) is 11.8 Å². The van der Waals surface area contributed by atoms with Gasteiger partial charge in [0.25, 0.3) is 5.91 Å². The summed E-state index contributed by atoms with van der Waals surface area (Å²) in [5.41, 5.74) is 0.675. The van der Waals surface area contributed by atoms with Gasteiger partial charge < -0.3 is 10.2 Å². The van der Waals surface area contributed by atoms with Crippen LogP contribution in [0.4, 0.5) is 0 Å². The van der Waals surface area contributed by atoms with Gasteiger partial charge in [-0.05, 0) is 30.7 Å². The standard InChI is InChI=1S/C16H23N3O2S/c1-2-22-12-7-15(20)18-14-5-10-19(11-6-14)16(21)13-3-8-17-9-4-13/h3-4,8-9,14H,2,5-7,10-12H2,1H3,(H,18,20). The molecule has 120 valence electrons. The normalized spacial score (nSPS) is 15.6. The lowest BCUT2D eigenvalue weighted by Gasteiger charge is -2.32. The van der Waals surface area contributed by atoms with Crippen LogP contribution in [0.15, 0.2) is 24.5 Å². The molecule has 1 aromatic heterocycles. The van der Waals surface area contributed by atoms with Crippen LogP contribution in [0.5, 0.6) is 0 Å². The van der Waals surface area contributed by atoms with Gasteiger partial charge in [-0.3, -0.25) is 14.6 Å². The molecule has 2 heterocycles. The van der Waals surface area contributed by atoms with E-state index < -0.39 is 0 Å². The number of carbonyl (C=O) groups is 2. The Kier molecular flexibility index (Phi) is 6.71. The Bertz CT molecular complexity index is 487. The zero-order valence-electron chi connectivity index (χ0n) is 13.0. The zero-order chi connectivity index (χ0) is 15.8. The van der Waals surface area contributed by atoms with Crippen LogP contribution in [0.25, 0.3) is 0 Å². The molecular formula is C16H23N3O2S. The van der Waals surface area contributed by atoms with Crippen molar-refractivity contribution in [3.63, 3.8) is 0 Å². The summed E-state index contributed by atoms with van der Waals surface area (Å²) in [5.74, 6) is 2.09. The molecule has 22 heavy (non-hydrogen) atoms. The number of piperidine rings is 1. The quantitative estimate of drug-likeness (QED) is 0.814. The lowest BCUT2D eigenvalue weighted by Crippen LogP contribution is -2.46. The van der Waals surface area contributed by atoms with Crippen LogP contribution in [0.3, 0.4) is 0 Å². The molecule has 1 saturated heterocycles. The first-order valence-corrected chi connectivity index (χ1v) is 8.92. The van der Waals surface area contributed by atoms with Gasteiger partial charge in [-0.25, -0.2) is 0 Å². The van der Waals surface area contributed by atoms with E-state index in [1.165, 1.54) is 0 Å². The number of hydrogen-bond acceptors (Lipinski definition) is 4. The molecule has 0 spiro atoms. The monoisotopic (exact) mass is 321 g/mol. The number of rotatable bonds is 6. The first kappa shape index (κ1) is 16.8. The minimum atomic E-state index is 0.0477. The summed E-state index contributed by atoms with van der Waals surface area (Å²) in [6.45, 7) is 3.48. The van der Waals surface area contributed by atoms with Gasteiger partial charge in [-0.1, -0.05) is 6.92 Å². The zero-order valence-corrected chi connectivity index (χ0v) is 13.8. The summed E-state index contributed by atoms with van der Waals surface area (Å²) in [6, 6.07) is 3.67. The Hall–Kier alpha value is -1.56. The van der Waals surface area contributed by atoms with Crippen LogP contribution in [-0.2, 0) is 4.79 Å². The summed E-state index contributed by atoms with van der Waals surface area (Å²) in [7, 11) is 0. The number of nitrogens with zero attached hydrogens (tertiary/aromatic N) is 2. The van der Waals surface area contributed by atoms with Crippen LogP contribution in [-0.4, -0.2) is 52.3 Å². The van der Waals surface area contributed by atoms with Crippen molar-refractivity contribution in [3.05, 3.63) is 30.1 Å². The molecule has 0 radical (unpaired) electrons. The summed E-state index contributed by atoms with van der Waals surface area (Å²) in [5, 5.41) is 3.08. The molecule has 0 unspecified atom stereocenters. The highest BCUT2D eigenvalue weighted by atomic mass is 32.2. The van der Waals surface area contributed by atoms with Gasteiger partial charge in [0, 0.05) is 49.3 Å². The second-order valence-electron chi connectivity index (χ2n) is 5.32. The van der Waals surface area contributed by atoms with Crippen molar-refractivity contribution in [3.8, 4) is 0 Å². The number of amides is 2. The van der Waals surface area contributed by atoms with Crippen LogP contribution in [0.2, 0.25) is 0 Å². The molecule has 0 saturated carbocycles. The third kappa shape index (κ3) is 5.02. The molecule has 1 aliphatic heterocycles. The highest BCUT2D eigenvalue weighted by Gasteiger charge is 2.24. The maximum atomic E-state index is 12.3. The lowest BCUT2D eigenvalue weighted by atomic mass is 10.0. The molecule has 1 aliphatic rings. The number of aromatic nitrogens is 1. The fraction of sp³-hybridized carbons (Fsp3) is 0.562. The molecule has 5 nitrogen and oxygen atoms in total. The highest BCUT2D eigenvalue weighted by molar-refractivity contribution is 7.99. The summed E-state index contributed by atoms with van der Waals surface area (Å²) >= 11 is 1.78. The van der Waals surface area contributed by atoms with E-state index in [0.717, 1.165) is 24.3 Å². The molecule has 2 rings (SSSR count). The average Bonchev–Trinajstić information content (AvgIpc) is 2.56. The first-order valence-electron chi connectivity index (χ1n) is 7.77. The van der Waals surface area contributed by atoms with Crippen LogP contribution in [0.1, 0.15) is 36.5 Å². The van der Waals surface area contributed by atoms with Gasteiger partial charge in [0.15, 0.2) is 0 Å². The van der Waals surface area contributed by atoms with Crippen LogP contribution < -0.4 is 5.32 Å². The number of carbonyl (C=O) groups excluding carboxylic acids is 2. The Morgan fingerprint density at radius 2 is 2.00 bits per heavy atom. The molecule has 1 fully saturated rings. The Labute approximate surface area is 135 Å². The minimum absolute atomic E-state index is 0.0477. The number of likely N-dealkylation sites (tertiary alicyclic amines) is 1. The molecule has 2 amide bonds. The smallest absolute Gasteiger partial charge is 0.253 e. The molecule has 0 atom stereocenters. The van der Waals surface area contributed by atoms with E-state index >= 15 is 0 Å². The van der Waals surface area contributed by atoms with E-state index in [1.54, 1.807) is 36.3 Å². The Balaban J connectivity index is 1.74. The maximum Gasteiger partial charge on any atom is 0.253 e. The molecule has 1 aromatic rings. The topological polar surface area (TPSA) is 62.3 Å². The van der Waals surface area contributed by atoms with Crippen molar-refractivity contribution in [2.75, 3.05) is 24.6 Å². The average molecular weight is 321 g/mol. The van der Waals surface area contributed by atoms with E-state index in [-0.39, 0.29) is 17.9 Å². The maximum absolute atomic E-state index is 12.3. The summed E-state index contributed by atoms with van der Waals surface area (Å²) in [6.07, 6.45) is 5.49. The second kappa shape index (κ2) is 8.78. The van der Waals surface area contributed by atoms with Crippen molar-refractivity contribution < 1.29 is 9.59 Å². The third-order valence-electron chi connectivity index (χ3n) is 3.75. The molecule has 0 aliphatic carbocycles. The predicted octanol–water partition coefficient (Wildman–Crippen LogP) is 1.95. The van der Waals surface area contributed by atoms with E-state index in [0.29, 0.717) is 25.1 Å². The Morgan fingerprint density at radius 3 is 2.64 bits per heavy atom. The predicted molar refractivity (Wildman–Crippen MR) is 88.9 cm³/mol. The molecule has 6 heteroatoms. The second-order valence-corrected chi connectivity index (χ2v) is 6.71.